The van der Waals surface area contributed by atoms with Gasteiger partial charge >= 0.3 is 0 Å². The third-order valence-electron chi connectivity index (χ3n) is 4.02. The number of nitriles is 1. The van der Waals surface area contributed by atoms with Gasteiger partial charge in [0.2, 0.25) is 0 Å². The average Bonchev–Trinajstić information content (AvgIpc) is 2.52. The normalized spacial score (nSPS) is 15.4. The van der Waals surface area contributed by atoms with E-state index in [2.05, 4.69) is 36.3 Å². The van der Waals surface area contributed by atoms with E-state index in [0.29, 0.717) is 0 Å². The van der Waals surface area contributed by atoms with E-state index in [1.165, 1.54) is 11.1 Å². The molecule has 1 aromatic carbocycles. The number of benzene rings is 1. The molecule has 1 fully saturated rings. The first-order chi connectivity index (χ1) is 10.2. The van der Waals surface area contributed by atoms with E-state index >= 15 is 0 Å². The van der Waals surface area contributed by atoms with Gasteiger partial charge in [0.15, 0.2) is 0 Å². The van der Waals surface area contributed by atoms with Crippen LogP contribution in [0, 0.1) is 11.3 Å². The van der Waals surface area contributed by atoms with Crippen molar-refractivity contribution in [2.24, 2.45) is 0 Å². The highest BCUT2D eigenvalue weighted by atomic mass is 15.3. The molecule has 110 valence electrons. The van der Waals surface area contributed by atoms with E-state index in [1.807, 2.05) is 30.3 Å². The monoisotopic (exact) mass is 281 g/mol. The maximum atomic E-state index is 9.21. The summed E-state index contributed by atoms with van der Waals surface area (Å²) in [6.07, 6.45) is 1.96. The van der Waals surface area contributed by atoms with Crippen molar-refractivity contribution in [3.05, 3.63) is 53.6 Å². The summed E-state index contributed by atoms with van der Waals surface area (Å²) in [5.74, 6) is 0. The zero-order valence-corrected chi connectivity index (χ0v) is 13.0. The van der Waals surface area contributed by atoms with Crippen LogP contribution in [0.1, 0.15) is 19.4 Å². The molecule has 1 saturated heterocycles. The van der Waals surface area contributed by atoms with Crippen molar-refractivity contribution in [1.82, 2.24) is 4.90 Å². The van der Waals surface area contributed by atoms with Crippen molar-refractivity contribution in [2.45, 2.75) is 13.8 Å². The Morgan fingerprint density at radius 2 is 1.90 bits per heavy atom. The zero-order valence-electron chi connectivity index (χ0n) is 13.0. The molecule has 0 spiro atoms. The fraction of sp³-hybridized carbons (Fsp3) is 0.389. The SMILES string of the molecule is C=CC(CN1CCN(c2ccccc2C#N)CC1)=C(C)C. The van der Waals surface area contributed by atoms with Crippen molar-refractivity contribution in [3.63, 3.8) is 0 Å². The fourth-order valence-corrected chi connectivity index (χ4v) is 2.66. The molecule has 0 radical (unpaired) electrons. The number of anilines is 1. The second kappa shape index (κ2) is 7.10. The molecule has 0 atom stereocenters. The van der Waals surface area contributed by atoms with Crippen LogP contribution in [0.15, 0.2) is 48.1 Å². The molecule has 1 aromatic rings. The van der Waals surface area contributed by atoms with Gasteiger partial charge in [0.1, 0.15) is 6.07 Å². The van der Waals surface area contributed by atoms with E-state index in [1.54, 1.807) is 0 Å². The summed E-state index contributed by atoms with van der Waals surface area (Å²) in [5, 5.41) is 9.21. The summed E-state index contributed by atoms with van der Waals surface area (Å²) < 4.78 is 0. The lowest BCUT2D eigenvalue weighted by atomic mass is 10.1. The van der Waals surface area contributed by atoms with Gasteiger partial charge in [-0.2, -0.15) is 5.26 Å². The summed E-state index contributed by atoms with van der Waals surface area (Å²) in [7, 11) is 0. The maximum Gasteiger partial charge on any atom is 0.101 e. The third kappa shape index (κ3) is 3.74. The number of allylic oxidation sites excluding steroid dienone is 1. The first-order valence-electron chi connectivity index (χ1n) is 7.41. The van der Waals surface area contributed by atoms with Crippen LogP contribution in [-0.4, -0.2) is 37.6 Å². The number of rotatable bonds is 4. The molecule has 0 aromatic heterocycles. The smallest absolute Gasteiger partial charge is 0.101 e. The van der Waals surface area contributed by atoms with E-state index in [9.17, 15) is 5.26 Å². The fourth-order valence-electron chi connectivity index (χ4n) is 2.66. The van der Waals surface area contributed by atoms with Crippen LogP contribution in [0.25, 0.3) is 0 Å². The van der Waals surface area contributed by atoms with Gasteiger partial charge in [0.05, 0.1) is 11.3 Å². The summed E-state index contributed by atoms with van der Waals surface area (Å²) >= 11 is 0. The molecule has 1 aliphatic heterocycles. The topological polar surface area (TPSA) is 30.3 Å². The molecular weight excluding hydrogens is 258 g/mol. The standard InChI is InChI=1S/C18H23N3/c1-4-16(15(2)3)14-20-9-11-21(12-10-20)18-8-6-5-7-17(18)13-19/h4-8H,1,9-12,14H2,2-3H3. The lowest BCUT2D eigenvalue weighted by molar-refractivity contribution is 0.279. The van der Waals surface area contributed by atoms with Crippen molar-refractivity contribution in [3.8, 4) is 6.07 Å². The lowest BCUT2D eigenvalue weighted by Crippen LogP contribution is -2.47. The molecule has 3 heteroatoms. The Kier molecular flexibility index (Phi) is 5.19. The zero-order chi connectivity index (χ0) is 15.2. The molecule has 0 unspecified atom stereocenters. The minimum absolute atomic E-state index is 0.766. The summed E-state index contributed by atoms with van der Waals surface area (Å²) in [6.45, 7) is 13.1. The maximum absolute atomic E-state index is 9.21. The van der Waals surface area contributed by atoms with Crippen molar-refractivity contribution >= 4 is 5.69 Å². The van der Waals surface area contributed by atoms with Gasteiger partial charge in [-0.15, -0.1) is 0 Å². The Morgan fingerprint density at radius 3 is 2.48 bits per heavy atom. The molecule has 0 amide bonds. The molecule has 0 aliphatic carbocycles. The van der Waals surface area contributed by atoms with Crippen molar-refractivity contribution in [2.75, 3.05) is 37.6 Å². The van der Waals surface area contributed by atoms with Crippen LogP contribution in [0.5, 0.6) is 0 Å². The Bertz CT molecular complexity index is 568. The van der Waals surface area contributed by atoms with E-state index in [-0.39, 0.29) is 0 Å². The second-order valence-corrected chi connectivity index (χ2v) is 5.62. The lowest BCUT2D eigenvalue weighted by Gasteiger charge is -2.36. The van der Waals surface area contributed by atoms with Gasteiger partial charge in [-0.1, -0.05) is 30.4 Å². The summed E-state index contributed by atoms with van der Waals surface area (Å²) in [6, 6.07) is 10.1. The van der Waals surface area contributed by atoms with Gasteiger partial charge in [0.25, 0.3) is 0 Å². The minimum atomic E-state index is 0.766. The number of hydrogen-bond donors (Lipinski definition) is 0. The number of para-hydroxylation sites is 1. The van der Waals surface area contributed by atoms with Gasteiger partial charge < -0.3 is 4.90 Å². The van der Waals surface area contributed by atoms with Gasteiger partial charge in [-0.05, 0) is 31.6 Å². The molecule has 0 saturated carbocycles. The molecule has 1 heterocycles. The summed E-state index contributed by atoms with van der Waals surface area (Å²) in [5.41, 5.74) is 4.48. The molecule has 0 bridgehead atoms. The molecule has 1 aliphatic rings. The molecule has 21 heavy (non-hydrogen) atoms. The van der Waals surface area contributed by atoms with Gasteiger partial charge in [-0.3, -0.25) is 4.90 Å². The van der Waals surface area contributed by atoms with Crippen LogP contribution >= 0.6 is 0 Å². The Balaban J connectivity index is 1.99. The second-order valence-electron chi connectivity index (χ2n) is 5.62. The van der Waals surface area contributed by atoms with Crippen LogP contribution in [-0.2, 0) is 0 Å². The Hall–Kier alpha value is -2.05. The highest BCUT2D eigenvalue weighted by molar-refractivity contribution is 5.59. The third-order valence-corrected chi connectivity index (χ3v) is 4.02. The Morgan fingerprint density at radius 1 is 1.24 bits per heavy atom. The van der Waals surface area contributed by atoms with Crippen LogP contribution < -0.4 is 4.90 Å². The first kappa shape index (κ1) is 15.3. The minimum Gasteiger partial charge on any atom is -0.368 e. The quantitative estimate of drug-likeness (QED) is 0.794. The van der Waals surface area contributed by atoms with Crippen molar-refractivity contribution < 1.29 is 0 Å². The largest absolute Gasteiger partial charge is 0.368 e. The van der Waals surface area contributed by atoms with E-state index < -0.39 is 0 Å². The molecule has 2 rings (SSSR count). The van der Waals surface area contributed by atoms with Gasteiger partial charge in [0, 0.05) is 32.7 Å². The number of hydrogen-bond acceptors (Lipinski definition) is 3. The van der Waals surface area contributed by atoms with E-state index in [4.69, 9.17) is 0 Å². The van der Waals surface area contributed by atoms with Crippen LogP contribution in [0.3, 0.4) is 0 Å². The number of piperazine rings is 1. The predicted octanol–water partition coefficient (Wildman–Crippen LogP) is 3.20. The van der Waals surface area contributed by atoms with Crippen LogP contribution in [0.2, 0.25) is 0 Å². The Labute approximate surface area is 127 Å². The average molecular weight is 281 g/mol. The van der Waals surface area contributed by atoms with Crippen molar-refractivity contribution in [1.29, 1.82) is 5.26 Å². The molecular formula is C18H23N3. The van der Waals surface area contributed by atoms with Gasteiger partial charge in [-0.25, -0.2) is 0 Å². The van der Waals surface area contributed by atoms with E-state index in [0.717, 1.165) is 44.0 Å². The molecule has 0 N–H and O–H groups in total. The number of nitrogens with zero attached hydrogens (tertiary/aromatic N) is 3. The molecule has 3 nitrogen and oxygen atoms in total. The first-order valence-corrected chi connectivity index (χ1v) is 7.41. The highest BCUT2D eigenvalue weighted by Crippen LogP contribution is 2.21. The van der Waals surface area contributed by atoms with Crippen LogP contribution in [0.4, 0.5) is 5.69 Å². The highest BCUT2D eigenvalue weighted by Gasteiger charge is 2.19. The summed E-state index contributed by atoms with van der Waals surface area (Å²) in [4.78, 5) is 4.76. The predicted molar refractivity (Wildman–Crippen MR) is 88.4 cm³/mol.